The van der Waals surface area contributed by atoms with Crippen molar-refractivity contribution < 1.29 is 9.21 Å². The summed E-state index contributed by atoms with van der Waals surface area (Å²) in [6.45, 7) is 4.29. The molecule has 0 bridgehead atoms. The molecule has 0 atom stereocenters. The van der Waals surface area contributed by atoms with Crippen molar-refractivity contribution in [3.05, 3.63) is 66.7 Å². The number of carbonyl (C=O) groups is 1. The third kappa shape index (κ3) is 5.34. The van der Waals surface area contributed by atoms with Gasteiger partial charge in [0.15, 0.2) is 17.4 Å². The van der Waals surface area contributed by atoms with Gasteiger partial charge in [-0.3, -0.25) is 9.79 Å². The zero-order valence-electron chi connectivity index (χ0n) is 15.6. The summed E-state index contributed by atoms with van der Waals surface area (Å²) in [6.07, 6.45) is 12.9. The summed E-state index contributed by atoms with van der Waals surface area (Å²) in [5.74, 6) is 1.63. The Bertz CT molecular complexity index is 949. The molecule has 4 rings (SSSR count). The molecule has 0 fully saturated rings. The van der Waals surface area contributed by atoms with E-state index < -0.39 is 0 Å². The van der Waals surface area contributed by atoms with Crippen molar-refractivity contribution in [3.63, 3.8) is 0 Å². The molecule has 3 aromatic heterocycles. The number of aliphatic imine (C=N–C) groups is 1. The van der Waals surface area contributed by atoms with E-state index in [9.17, 15) is 4.79 Å². The van der Waals surface area contributed by atoms with Gasteiger partial charge in [0.05, 0.1) is 12.8 Å². The number of amides is 1. The summed E-state index contributed by atoms with van der Waals surface area (Å²) < 4.78 is 6.87. The minimum Gasteiger partial charge on any atom is -0.461 e. The second-order valence-electron chi connectivity index (χ2n) is 5.88. The van der Waals surface area contributed by atoms with Crippen LogP contribution in [-0.2, 0) is 4.79 Å². The lowest BCUT2D eigenvalue weighted by atomic mass is 10.3. The molecule has 0 unspecified atom stereocenters. The van der Waals surface area contributed by atoms with E-state index in [-0.39, 0.29) is 5.91 Å². The predicted octanol–water partition coefficient (Wildman–Crippen LogP) is 3.45. The molecular formula is C20H20N6O2. The highest BCUT2D eigenvalue weighted by molar-refractivity contribution is 5.88. The first-order chi connectivity index (χ1) is 13.6. The Kier molecular flexibility index (Phi) is 6.25. The average Bonchev–Trinajstić information content (AvgIpc) is 3.34. The van der Waals surface area contributed by atoms with Crippen molar-refractivity contribution in [2.24, 2.45) is 4.99 Å². The van der Waals surface area contributed by atoms with E-state index in [0.717, 1.165) is 6.54 Å². The lowest BCUT2D eigenvalue weighted by molar-refractivity contribution is -0.114. The molecule has 0 saturated carbocycles. The zero-order valence-corrected chi connectivity index (χ0v) is 15.6. The molecule has 3 aromatic rings. The highest BCUT2D eigenvalue weighted by Crippen LogP contribution is 2.19. The van der Waals surface area contributed by atoms with Gasteiger partial charge in [0.2, 0.25) is 5.91 Å². The Morgan fingerprint density at radius 3 is 2.89 bits per heavy atom. The third-order valence-electron chi connectivity index (χ3n) is 3.50. The van der Waals surface area contributed by atoms with E-state index in [1.54, 1.807) is 41.3 Å². The maximum Gasteiger partial charge on any atom is 0.222 e. The van der Waals surface area contributed by atoms with Crippen molar-refractivity contribution in [2.45, 2.75) is 13.8 Å². The van der Waals surface area contributed by atoms with Gasteiger partial charge in [0.1, 0.15) is 5.82 Å². The largest absolute Gasteiger partial charge is 0.461 e. The van der Waals surface area contributed by atoms with Gasteiger partial charge in [0.25, 0.3) is 0 Å². The van der Waals surface area contributed by atoms with Crippen LogP contribution in [0.5, 0.6) is 0 Å². The Balaban J connectivity index is 0.000000236. The average molecular weight is 376 g/mol. The zero-order chi connectivity index (χ0) is 19.8. The number of nitrogens with one attached hydrogen (secondary N) is 1. The number of carbonyl (C=O) groups excluding carboxylic acids is 1. The van der Waals surface area contributed by atoms with E-state index in [2.05, 4.69) is 31.5 Å². The number of anilines is 1. The second kappa shape index (κ2) is 9.22. The van der Waals surface area contributed by atoms with Gasteiger partial charge in [-0.15, -0.1) is 0 Å². The van der Waals surface area contributed by atoms with Crippen LogP contribution < -0.4 is 5.32 Å². The summed E-state index contributed by atoms with van der Waals surface area (Å²) in [5.41, 5.74) is 1.22. The number of rotatable bonds is 3. The smallest absolute Gasteiger partial charge is 0.222 e. The van der Waals surface area contributed by atoms with Gasteiger partial charge >= 0.3 is 0 Å². The summed E-state index contributed by atoms with van der Waals surface area (Å²) in [4.78, 5) is 23.9. The van der Waals surface area contributed by atoms with E-state index in [0.29, 0.717) is 23.2 Å². The van der Waals surface area contributed by atoms with Gasteiger partial charge in [-0.1, -0.05) is 18.2 Å². The molecule has 0 saturated heterocycles. The quantitative estimate of drug-likeness (QED) is 0.755. The van der Waals surface area contributed by atoms with Gasteiger partial charge in [-0.25, -0.2) is 14.6 Å². The van der Waals surface area contributed by atoms with E-state index in [4.69, 9.17) is 4.42 Å². The van der Waals surface area contributed by atoms with Crippen LogP contribution in [0.15, 0.2) is 76.1 Å². The fraction of sp³-hybridized carbons (Fsp3) is 0.150. The first kappa shape index (κ1) is 19.0. The van der Waals surface area contributed by atoms with E-state index in [1.807, 2.05) is 25.3 Å². The van der Waals surface area contributed by atoms with Crippen LogP contribution in [0.25, 0.3) is 17.4 Å². The van der Waals surface area contributed by atoms with E-state index >= 15 is 0 Å². The molecule has 0 spiro atoms. The molecule has 1 aliphatic heterocycles. The SMILES string of the molecule is CC(=O)Nc1cc(-n2cccn2)nc(-c2ccco2)n1.CC1=CC=CCN=C1. The standard InChI is InChI=1S/C13H11N5O2.C7H9N/c1-9(19)15-11-8-12(18-6-3-5-14-18)17-13(16-11)10-4-2-7-20-10;1-7-4-2-3-5-8-6-7/h2-8H,1H3,(H,15,16,17,19);2-4,6H,5H2,1H3. The lowest BCUT2D eigenvalue weighted by Gasteiger charge is -2.07. The molecule has 1 amide bonds. The fourth-order valence-corrected chi connectivity index (χ4v) is 2.30. The number of hydrogen-bond acceptors (Lipinski definition) is 6. The molecule has 8 nitrogen and oxygen atoms in total. The molecule has 142 valence electrons. The summed E-state index contributed by atoms with van der Waals surface area (Å²) >= 11 is 0. The van der Waals surface area contributed by atoms with Crippen molar-refractivity contribution in [1.82, 2.24) is 19.7 Å². The summed E-state index contributed by atoms with van der Waals surface area (Å²) in [5, 5.41) is 6.75. The van der Waals surface area contributed by atoms with Crippen molar-refractivity contribution in [3.8, 4) is 17.4 Å². The van der Waals surface area contributed by atoms with Crippen molar-refractivity contribution in [1.29, 1.82) is 0 Å². The minimum atomic E-state index is -0.208. The topological polar surface area (TPSA) is 98.2 Å². The number of furan rings is 1. The molecule has 4 heterocycles. The summed E-state index contributed by atoms with van der Waals surface area (Å²) in [6, 6.07) is 6.92. The normalized spacial score (nSPS) is 12.6. The van der Waals surface area contributed by atoms with Crippen LogP contribution in [0.4, 0.5) is 5.82 Å². The number of hydrogen-bond donors (Lipinski definition) is 1. The monoisotopic (exact) mass is 376 g/mol. The van der Waals surface area contributed by atoms with Crippen LogP contribution in [0.3, 0.4) is 0 Å². The Morgan fingerprint density at radius 2 is 2.18 bits per heavy atom. The molecule has 1 N–H and O–H groups in total. The highest BCUT2D eigenvalue weighted by Gasteiger charge is 2.11. The predicted molar refractivity (Wildman–Crippen MR) is 107 cm³/mol. The first-order valence-electron chi connectivity index (χ1n) is 8.65. The minimum absolute atomic E-state index is 0.208. The Hall–Kier alpha value is -3.81. The van der Waals surface area contributed by atoms with Gasteiger partial charge in [-0.2, -0.15) is 5.10 Å². The lowest BCUT2D eigenvalue weighted by Crippen LogP contribution is -2.10. The molecular weight excluding hydrogens is 356 g/mol. The number of aromatic nitrogens is 4. The van der Waals surface area contributed by atoms with Crippen LogP contribution in [0.1, 0.15) is 13.8 Å². The fourth-order valence-electron chi connectivity index (χ4n) is 2.30. The number of allylic oxidation sites excluding steroid dienone is 3. The molecule has 28 heavy (non-hydrogen) atoms. The number of nitrogens with zero attached hydrogens (tertiary/aromatic N) is 5. The first-order valence-corrected chi connectivity index (χ1v) is 8.65. The highest BCUT2D eigenvalue weighted by atomic mass is 16.3. The van der Waals surface area contributed by atoms with Gasteiger partial charge < -0.3 is 9.73 Å². The van der Waals surface area contributed by atoms with E-state index in [1.165, 1.54) is 18.8 Å². The Labute approximate surface area is 162 Å². The third-order valence-corrected chi connectivity index (χ3v) is 3.50. The van der Waals surface area contributed by atoms with Crippen LogP contribution in [0, 0.1) is 0 Å². The second-order valence-corrected chi connectivity index (χ2v) is 5.88. The molecule has 8 heteroatoms. The van der Waals surface area contributed by atoms with Crippen molar-refractivity contribution >= 4 is 17.9 Å². The van der Waals surface area contributed by atoms with Crippen molar-refractivity contribution in [2.75, 3.05) is 11.9 Å². The molecule has 1 aliphatic rings. The maximum absolute atomic E-state index is 11.2. The molecule has 0 aliphatic carbocycles. The van der Waals surface area contributed by atoms with Gasteiger partial charge in [0, 0.05) is 31.6 Å². The van der Waals surface area contributed by atoms with Gasteiger partial charge in [-0.05, 0) is 30.7 Å². The van der Waals surface area contributed by atoms with Crippen LogP contribution >= 0.6 is 0 Å². The molecule has 0 aromatic carbocycles. The molecule has 0 radical (unpaired) electrons. The maximum atomic E-state index is 11.2. The Morgan fingerprint density at radius 1 is 1.29 bits per heavy atom. The van der Waals surface area contributed by atoms with Crippen LogP contribution in [-0.4, -0.2) is 38.4 Å². The summed E-state index contributed by atoms with van der Waals surface area (Å²) in [7, 11) is 0. The van der Waals surface area contributed by atoms with Crippen LogP contribution in [0.2, 0.25) is 0 Å².